The molecule has 0 aliphatic heterocycles. The van der Waals surface area contributed by atoms with Crippen LogP contribution in [0.15, 0.2) is 18.2 Å². The zero-order chi connectivity index (χ0) is 15.3. The predicted octanol–water partition coefficient (Wildman–Crippen LogP) is 0.922. The second-order valence-corrected chi connectivity index (χ2v) is 5.40. The Morgan fingerprint density at radius 3 is 2.50 bits per heavy atom. The minimum Gasteiger partial charge on any atom is -0.495 e. The number of rotatable bonds is 4. The zero-order valence-electron chi connectivity index (χ0n) is 12.2. The van der Waals surface area contributed by atoms with Crippen LogP contribution in [0.25, 0.3) is 0 Å². The quantitative estimate of drug-likeness (QED) is 0.714. The van der Waals surface area contributed by atoms with Gasteiger partial charge in [-0.2, -0.15) is 0 Å². The summed E-state index contributed by atoms with van der Waals surface area (Å²) >= 11 is 0. The Morgan fingerprint density at radius 2 is 1.95 bits per heavy atom. The normalized spacial score (nSPS) is 10.8. The number of para-hydroxylation sites is 1. The van der Waals surface area contributed by atoms with Gasteiger partial charge in [-0.05, 0) is 32.9 Å². The largest absolute Gasteiger partial charge is 0.495 e. The van der Waals surface area contributed by atoms with Crippen LogP contribution in [0, 0.1) is 0 Å². The minimum atomic E-state index is -0.412. The molecule has 0 bridgehead atoms. The van der Waals surface area contributed by atoms with E-state index in [1.807, 2.05) is 20.8 Å². The Bertz CT molecular complexity index is 507. The number of hydrogen-bond donors (Lipinski definition) is 3. The summed E-state index contributed by atoms with van der Waals surface area (Å²) in [5.74, 6) is -0.241. The lowest BCUT2D eigenvalue weighted by atomic mass is 10.1. The molecule has 1 aromatic carbocycles. The van der Waals surface area contributed by atoms with Crippen LogP contribution < -0.4 is 21.1 Å². The fraction of sp³-hybridized carbons (Fsp3) is 0.429. The molecule has 6 heteroatoms. The van der Waals surface area contributed by atoms with Gasteiger partial charge in [0.15, 0.2) is 0 Å². The third-order valence-electron chi connectivity index (χ3n) is 2.45. The van der Waals surface area contributed by atoms with Gasteiger partial charge in [-0.1, -0.05) is 6.07 Å². The van der Waals surface area contributed by atoms with Crippen LogP contribution in [-0.2, 0) is 4.79 Å². The lowest BCUT2D eigenvalue weighted by molar-refractivity contribution is -0.121. The SMILES string of the molecule is COc1cccc(C(=O)NCC(=O)NC(C)(C)C)c1N. The minimum absolute atomic E-state index is 0.104. The van der Waals surface area contributed by atoms with Gasteiger partial charge in [0.2, 0.25) is 5.91 Å². The molecule has 2 amide bonds. The van der Waals surface area contributed by atoms with E-state index in [2.05, 4.69) is 10.6 Å². The van der Waals surface area contributed by atoms with E-state index in [1.165, 1.54) is 7.11 Å². The smallest absolute Gasteiger partial charge is 0.253 e. The number of ether oxygens (including phenoxy) is 1. The van der Waals surface area contributed by atoms with Gasteiger partial charge >= 0.3 is 0 Å². The number of amides is 2. The summed E-state index contributed by atoms with van der Waals surface area (Å²) in [7, 11) is 1.48. The Balaban J connectivity index is 2.66. The Morgan fingerprint density at radius 1 is 1.30 bits per heavy atom. The number of nitrogens with two attached hydrogens (primary N) is 1. The van der Waals surface area contributed by atoms with Gasteiger partial charge in [-0.15, -0.1) is 0 Å². The first-order valence-corrected chi connectivity index (χ1v) is 6.26. The molecule has 6 nitrogen and oxygen atoms in total. The van der Waals surface area contributed by atoms with E-state index in [9.17, 15) is 9.59 Å². The van der Waals surface area contributed by atoms with E-state index in [-0.39, 0.29) is 29.2 Å². The first-order chi connectivity index (χ1) is 9.24. The fourth-order valence-electron chi connectivity index (χ4n) is 1.64. The zero-order valence-corrected chi connectivity index (χ0v) is 12.2. The number of nitrogen functional groups attached to an aromatic ring is 1. The molecule has 4 N–H and O–H groups in total. The lowest BCUT2D eigenvalue weighted by Crippen LogP contribution is -2.45. The summed E-state index contributed by atoms with van der Waals surface area (Å²) in [5.41, 5.74) is 6.02. The molecule has 0 atom stereocenters. The second-order valence-electron chi connectivity index (χ2n) is 5.40. The van der Waals surface area contributed by atoms with Crippen molar-refractivity contribution in [1.29, 1.82) is 0 Å². The van der Waals surface area contributed by atoms with E-state index in [1.54, 1.807) is 18.2 Å². The van der Waals surface area contributed by atoms with Crippen molar-refractivity contribution in [2.45, 2.75) is 26.3 Å². The second kappa shape index (κ2) is 6.27. The van der Waals surface area contributed by atoms with Gasteiger partial charge in [-0.3, -0.25) is 9.59 Å². The molecule has 0 aliphatic carbocycles. The van der Waals surface area contributed by atoms with Crippen LogP contribution in [-0.4, -0.2) is 31.0 Å². The van der Waals surface area contributed by atoms with Gasteiger partial charge in [0, 0.05) is 5.54 Å². The van der Waals surface area contributed by atoms with Crippen molar-refractivity contribution in [2.75, 3.05) is 19.4 Å². The Kier molecular flexibility index (Phi) is 4.96. The maximum Gasteiger partial charge on any atom is 0.253 e. The van der Waals surface area contributed by atoms with Gasteiger partial charge in [-0.25, -0.2) is 0 Å². The molecule has 0 fully saturated rings. The highest BCUT2D eigenvalue weighted by atomic mass is 16.5. The summed E-state index contributed by atoms with van der Waals surface area (Å²) in [6, 6.07) is 4.91. The lowest BCUT2D eigenvalue weighted by Gasteiger charge is -2.20. The van der Waals surface area contributed by atoms with E-state index in [4.69, 9.17) is 10.5 Å². The Hall–Kier alpha value is -2.24. The summed E-state index contributed by atoms with van der Waals surface area (Å²) in [6.07, 6.45) is 0. The van der Waals surface area contributed by atoms with Gasteiger partial charge < -0.3 is 21.1 Å². The van der Waals surface area contributed by atoms with Crippen LogP contribution in [0.3, 0.4) is 0 Å². The van der Waals surface area contributed by atoms with Crippen LogP contribution in [0.5, 0.6) is 5.75 Å². The van der Waals surface area contributed by atoms with Crippen LogP contribution in [0.1, 0.15) is 31.1 Å². The molecular weight excluding hydrogens is 258 g/mol. The van der Waals surface area contributed by atoms with E-state index < -0.39 is 5.91 Å². The number of carbonyl (C=O) groups is 2. The van der Waals surface area contributed by atoms with Crippen molar-refractivity contribution < 1.29 is 14.3 Å². The van der Waals surface area contributed by atoms with Crippen LogP contribution >= 0.6 is 0 Å². The third kappa shape index (κ3) is 4.46. The topological polar surface area (TPSA) is 93.4 Å². The first kappa shape index (κ1) is 15.8. The van der Waals surface area contributed by atoms with Crippen molar-refractivity contribution in [3.8, 4) is 5.75 Å². The van der Waals surface area contributed by atoms with Crippen molar-refractivity contribution in [1.82, 2.24) is 10.6 Å². The molecule has 110 valence electrons. The Labute approximate surface area is 118 Å². The maximum absolute atomic E-state index is 12.0. The number of benzene rings is 1. The van der Waals surface area contributed by atoms with Gasteiger partial charge in [0.25, 0.3) is 5.91 Å². The number of methoxy groups -OCH3 is 1. The third-order valence-corrected chi connectivity index (χ3v) is 2.45. The molecular formula is C14H21N3O3. The van der Waals surface area contributed by atoms with Gasteiger partial charge in [0.05, 0.1) is 24.9 Å². The monoisotopic (exact) mass is 279 g/mol. The molecule has 0 heterocycles. The summed E-state index contributed by atoms with van der Waals surface area (Å²) in [6.45, 7) is 5.50. The molecule has 0 saturated heterocycles. The van der Waals surface area contributed by atoms with E-state index in [0.717, 1.165) is 0 Å². The van der Waals surface area contributed by atoms with Gasteiger partial charge in [0.1, 0.15) is 5.75 Å². The molecule has 0 unspecified atom stereocenters. The molecule has 0 aromatic heterocycles. The van der Waals surface area contributed by atoms with Crippen LogP contribution in [0.2, 0.25) is 0 Å². The van der Waals surface area contributed by atoms with Crippen molar-refractivity contribution in [3.63, 3.8) is 0 Å². The number of hydrogen-bond acceptors (Lipinski definition) is 4. The summed E-state index contributed by atoms with van der Waals surface area (Å²) in [5, 5.41) is 5.28. The summed E-state index contributed by atoms with van der Waals surface area (Å²) in [4.78, 5) is 23.6. The summed E-state index contributed by atoms with van der Waals surface area (Å²) < 4.78 is 5.04. The number of carbonyl (C=O) groups excluding carboxylic acids is 2. The molecule has 0 spiro atoms. The standard InChI is InChI=1S/C14H21N3O3/c1-14(2,3)17-11(18)8-16-13(19)9-6-5-7-10(20-4)12(9)15/h5-7H,8,15H2,1-4H3,(H,16,19)(H,17,18). The van der Waals surface area contributed by atoms with Crippen molar-refractivity contribution >= 4 is 17.5 Å². The van der Waals surface area contributed by atoms with E-state index >= 15 is 0 Å². The average Bonchev–Trinajstić information content (AvgIpc) is 2.34. The highest BCUT2D eigenvalue weighted by Gasteiger charge is 2.16. The molecule has 0 aliphatic rings. The average molecular weight is 279 g/mol. The van der Waals surface area contributed by atoms with Crippen molar-refractivity contribution in [3.05, 3.63) is 23.8 Å². The molecule has 20 heavy (non-hydrogen) atoms. The predicted molar refractivity (Wildman–Crippen MR) is 77.6 cm³/mol. The maximum atomic E-state index is 12.0. The highest BCUT2D eigenvalue weighted by molar-refractivity contribution is 6.01. The molecule has 0 radical (unpaired) electrons. The first-order valence-electron chi connectivity index (χ1n) is 6.26. The molecule has 0 saturated carbocycles. The number of anilines is 1. The van der Waals surface area contributed by atoms with E-state index in [0.29, 0.717) is 5.75 Å². The molecule has 1 rings (SSSR count). The fourth-order valence-corrected chi connectivity index (χ4v) is 1.64. The number of nitrogens with one attached hydrogen (secondary N) is 2. The van der Waals surface area contributed by atoms with Crippen LogP contribution in [0.4, 0.5) is 5.69 Å². The molecule has 1 aromatic rings. The van der Waals surface area contributed by atoms with Crippen molar-refractivity contribution in [2.24, 2.45) is 0 Å². The highest BCUT2D eigenvalue weighted by Crippen LogP contribution is 2.24.